The molecule has 0 atom stereocenters. The number of hydrogen-bond acceptors (Lipinski definition) is 4. The van der Waals surface area contributed by atoms with Crippen LogP contribution in [0.4, 0.5) is 5.82 Å². The zero-order chi connectivity index (χ0) is 12.1. The Morgan fingerprint density at radius 1 is 1.29 bits per heavy atom. The van der Waals surface area contributed by atoms with Gasteiger partial charge in [-0.2, -0.15) is 0 Å². The molecule has 0 unspecified atom stereocenters. The zero-order valence-electron chi connectivity index (χ0n) is 9.23. The number of nitrogens with zero attached hydrogens (tertiary/aromatic N) is 2. The second-order valence-corrected chi connectivity index (χ2v) is 4.76. The molecule has 0 radical (unpaired) electrons. The molecule has 0 aliphatic heterocycles. The van der Waals surface area contributed by atoms with Crippen LogP contribution in [-0.2, 0) is 13.1 Å². The van der Waals surface area contributed by atoms with E-state index in [0.29, 0.717) is 6.54 Å². The normalized spacial score (nSPS) is 10.2. The standard InChI is InChI=1S/C12H13IN4/c13-11-7-15-8-17-12(11)16-6-10-3-1-2-9(4-10)5-14/h1-4,7-8H,5-6,14H2,(H,15,16,17). The summed E-state index contributed by atoms with van der Waals surface area (Å²) in [6, 6.07) is 8.21. The van der Waals surface area contributed by atoms with Crippen LogP contribution in [-0.4, -0.2) is 9.97 Å². The van der Waals surface area contributed by atoms with Crippen molar-refractivity contribution in [1.82, 2.24) is 9.97 Å². The van der Waals surface area contributed by atoms with Crippen LogP contribution in [0.15, 0.2) is 36.8 Å². The molecule has 88 valence electrons. The number of nitrogens with one attached hydrogen (secondary N) is 1. The van der Waals surface area contributed by atoms with E-state index >= 15 is 0 Å². The van der Waals surface area contributed by atoms with Crippen LogP contribution in [0.3, 0.4) is 0 Å². The second-order valence-electron chi connectivity index (χ2n) is 3.60. The molecule has 3 N–H and O–H groups in total. The highest BCUT2D eigenvalue weighted by Gasteiger charge is 2.00. The summed E-state index contributed by atoms with van der Waals surface area (Å²) < 4.78 is 1.01. The number of halogens is 1. The molecule has 0 saturated heterocycles. The maximum Gasteiger partial charge on any atom is 0.143 e. The minimum absolute atomic E-state index is 0.568. The SMILES string of the molecule is NCc1cccc(CNc2ncncc2I)c1. The molecule has 2 rings (SSSR count). The van der Waals surface area contributed by atoms with Gasteiger partial charge >= 0.3 is 0 Å². The molecule has 0 aliphatic rings. The first kappa shape index (κ1) is 12.3. The van der Waals surface area contributed by atoms with Crippen molar-refractivity contribution in [3.05, 3.63) is 51.5 Å². The fourth-order valence-corrected chi connectivity index (χ4v) is 1.99. The number of hydrogen-bond donors (Lipinski definition) is 2. The summed E-state index contributed by atoms with van der Waals surface area (Å²) in [5.41, 5.74) is 7.94. The fraction of sp³-hybridized carbons (Fsp3) is 0.167. The number of nitrogens with two attached hydrogens (primary N) is 1. The highest BCUT2D eigenvalue weighted by atomic mass is 127. The van der Waals surface area contributed by atoms with Gasteiger partial charge in [0.1, 0.15) is 12.1 Å². The van der Waals surface area contributed by atoms with Gasteiger partial charge in [0.25, 0.3) is 0 Å². The summed E-state index contributed by atoms with van der Waals surface area (Å²) in [6.45, 7) is 1.31. The van der Waals surface area contributed by atoms with Crippen molar-refractivity contribution >= 4 is 28.4 Å². The number of aromatic nitrogens is 2. The molecule has 0 saturated carbocycles. The van der Waals surface area contributed by atoms with E-state index in [1.54, 1.807) is 12.5 Å². The molecule has 0 amide bonds. The van der Waals surface area contributed by atoms with Crippen molar-refractivity contribution in [3.63, 3.8) is 0 Å². The largest absolute Gasteiger partial charge is 0.365 e. The lowest BCUT2D eigenvalue weighted by atomic mass is 10.1. The van der Waals surface area contributed by atoms with Crippen molar-refractivity contribution in [1.29, 1.82) is 0 Å². The van der Waals surface area contributed by atoms with Crippen molar-refractivity contribution < 1.29 is 0 Å². The van der Waals surface area contributed by atoms with Crippen LogP contribution in [0.25, 0.3) is 0 Å². The average molecular weight is 340 g/mol. The van der Waals surface area contributed by atoms with Gasteiger partial charge in [-0.25, -0.2) is 9.97 Å². The quantitative estimate of drug-likeness (QED) is 0.838. The number of anilines is 1. The van der Waals surface area contributed by atoms with Crippen LogP contribution < -0.4 is 11.1 Å². The van der Waals surface area contributed by atoms with E-state index in [4.69, 9.17) is 5.73 Å². The van der Waals surface area contributed by atoms with Gasteiger partial charge in [-0.3, -0.25) is 0 Å². The lowest BCUT2D eigenvalue weighted by Crippen LogP contribution is -2.04. The van der Waals surface area contributed by atoms with Gasteiger partial charge < -0.3 is 11.1 Å². The van der Waals surface area contributed by atoms with E-state index in [1.165, 1.54) is 5.56 Å². The first-order valence-electron chi connectivity index (χ1n) is 5.27. The molecule has 0 fully saturated rings. The van der Waals surface area contributed by atoms with Crippen LogP contribution in [0.2, 0.25) is 0 Å². The first-order valence-corrected chi connectivity index (χ1v) is 6.34. The Kier molecular flexibility index (Phi) is 4.27. The Labute approximate surface area is 114 Å². The van der Waals surface area contributed by atoms with Gasteiger partial charge in [0.2, 0.25) is 0 Å². The minimum atomic E-state index is 0.568. The molecule has 2 aromatic rings. The minimum Gasteiger partial charge on any atom is -0.365 e. The van der Waals surface area contributed by atoms with Crippen molar-refractivity contribution in [2.75, 3.05) is 5.32 Å². The van der Waals surface area contributed by atoms with Crippen molar-refractivity contribution in [3.8, 4) is 0 Å². The van der Waals surface area contributed by atoms with Crippen LogP contribution >= 0.6 is 22.6 Å². The van der Waals surface area contributed by atoms with E-state index in [9.17, 15) is 0 Å². The van der Waals surface area contributed by atoms with E-state index in [0.717, 1.165) is 21.5 Å². The Bertz CT molecular complexity index is 501. The molecule has 0 spiro atoms. The van der Waals surface area contributed by atoms with Gasteiger partial charge in [-0.05, 0) is 33.7 Å². The van der Waals surface area contributed by atoms with Gasteiger partial charge in [0.15, 0.2) is 0 Å². The van der Waals surface area contributed by atoms with E-state index in [-0.39, 0.29) is 0 Å². The molecule has 0 aliphatic carbocycles. The summed E-state index contributed by atoms with van der Waals surface area (Å²) in [5.74, 6) is 0.860. The molecule has 1 heterocycles. The average Bonchev–Trinajstić information content (AvgIpc) is 2.38. The number of benzene rings is 1. The van der Waals surface area contributed by atoms with Crippen LogP contribution in [0, 0.1) is 3.57 Å². The molecule has 4 nitrogen and oxygen atoms in total. The summed E-state index contributed by atoms with van der Waals surface area (Å²) in [6.07, 6.45) is 3.33. The van der Waals surface area contributed by atoms with Gasteiger partial charge in [0.05, 0.1) is 3.57 Å². The Morgan fingerprint density at radius 3 is 2.88 bits per heavy atom. The molecule has 0 bridgehead atoms. The lowest BCUT2D eigenvalue weighted by molar-refractivity contribution is 1.04. The lowest BCUT2D eigenvalue weighted by Gasteiger charge is -2.07. The summed E-state index contributed by atoms with van der Waals surface area (Å²) in [7, 11) is 0. The molecule has 1 aromatic carbocycles. The highest BCUT2D eigenvalue weighted by molar-refractivity contribution is 14.1. The molecule has 5 heteroatoms. The van der Waals surface area contributed by atoms with E-state index < -0.39 is 0 Å². The van der Waals surface area contributed by atoms with Gasteiger partial charge in [-0.1, -0.05) is 24.3 Å². The third kappa shape index (κ3) is 3.37. The van der Waals surface area contributed by atoms with Gasteiger partial charge in [-0.15, -0.1) is 0 Å². The third-order valence-corrected chi connectivity index (χ3v) is 3.14. The van der Waals surface area contributed by atoms with Crippen LogP contribution in [0.1, 0.15) is 11.1 Å². The molecule has 1 aromatic heterocycles. The fourth-order valence-electron chi connectivity index (χ4n) is 1.50. The predicted molar refractivity (Wildman–Crippen MR) is 76.4 cm³/mol. The summed E-state index contributed by atoms with van der Waals surface area (Å²) >= 11 is 2.21. The smallest absolute Gasteiger partial charge is 0.143 e. The van der Waals surface area contributed by atoms with E-state index in [2.05, 4.69) is 50.0 Å². The van der Waals surface area contributed by atoms with E-state index in [1.807, 2.05) is 12.1 Å². The second kappa shape index (κ2) is 5.92. The van der Waals surface area contributed by atoms with Crippen molar-refractivity contribution in [2.45, 2.75) is 13.1 Å². The summed E-state index contributed by atoms with van der Waals surface area (Å²) in [5, 5.41) is 3.28. The molecular weight excluding hydrogens is 327 g/mol. The summed E-state index contributed by atoms with van der Waals surface area (Å²) in [4.78, 5) is 8.13. The molecule has 17 heavy (non-hydrogen) atoms. The highest BCUT2D eigenvalue weighted by Crippen LogP contribution is 2.14. The Hall–Kier alpha value is -1.21. The molecular formula is C12H13IN4. The number of rotatable bonds is 4. The third-order valence-electron chi connectivity index (χ3n) is 2.35. The maximum absolute atomic E-state index is 5.61. The van der Waals surface area contributed by atoms with Crippen LogP contribution in [0.5, 0.6) is 0 Å². The Morgan fingerprint density at radius 2 is 2.12 bits per heavy atom. The Balaban J connectivity index is 2.05. The monoisotopic (exact) mass is 340 g/mol. The maximum atomic E-state index is 5.61. The predicted octanol–water partition coefficient (Wildman–Crippen LogP) is 2.15. The first-order chi connectivity index (χ1) is 8.29. The van der Waals surface area contributed by atoms with Gasteiger partial charge in [0, 0.05) is 19.3 Å². The topological polar surface area (TPSA) is 63.8 Å². The van der Waals surface area contributed by atoms with Crippen molar-refractivity contribution in [2.24, 2.45) is 5.73 Å². The zero-order valence-corrected chi connectivity index (χ0v) is 11.4.